The molecule has 0 bridgehead atoms. The molecule has 0 heterocycles. The van der Waals surface area contributed by atoms with Crippen molar-refractivity contribution in [1.82, 2.24) is 0 Å². The van der Waals surface area contributed by atoms with Gasteiger partial charge in [0, 0.05) is 6.42 Å². The fraction of sp³-hybridized carbons (Fsp3) is 0.625. The van der Waals surface area contributed by atoms with Crippen molar-refractivity contribution in [3.63, 3.8) is 0 Å². The number of aliphatic hydroxyl groups excluding tert-OH is 3. The number of carbonyl (C=O) groups excluding carboxylic acids is 1. The molecule has 2 rings (SSSR count). The Morgan fingerprint density at radius 1 is 1.14 bits per heavy atom. The molecule has 3 N–H and O–H groups in total. The maximum Gasteiger partial charge on any atom is 0.305 e. The van der Waals surface area contributed by atoms with Crippen LogP contribution in [-0.2, 0) is 16.0 Å². The third-order valence-corrected chi connectivity index (χ3v) is 6.02. The molecular formula is C24H36O5. The Bertz CT molecular complexity index is 615. The minimum Gasteiger partial charge on any atom is -0.469 e. The van der Waals surface area contributed by atoms with Crippen molar-refractivity contribution in [3.05, 3.63) is 48.0 Å². The Kier molecular flexibility index (Phi) is 10.4. The molecule has 1 aliphatic rings. The minimum absolute atomic E-state index is 0.0103. The quantitative estimate of drug-likeness (QED) is 0.282. The molecular weight excluding hydrogens is 368 g/mol. The van der Waals surface area contributed by atoms with Crippen LogP contribution in [0.1, 0.15) is 56.9 Å². The van der Waals surface area contributed by atoms with E-state index in [0.29, 0.717) is 32.1 Å². The zero-order valence-electron chi connectivity index (χ0n) is 17.5. The van der Waals surface area contributed by atoms with Gasteiger partial charge in [0.15, 0.2) is 0 Å². The number of hydrogen-bond donors (Lipinski definition) is 3. The molecule has 1 aliphatic carbocycles. The fourth-order valence-corrected chi connectivity index (χ4v) is 4.25. The average molecular weight is 405 g/mol. The van der Waals surface area contributed by atoms with Gasteiger partial charge in [-0.1, -0.05) is 42.5 Å². The van der Waals surface area contributed by atoms with E-state index in [1.54, 1.807) is 0 Å². The van der Waals surface area contributed by atoms with Gasteiger partial charge in [-0.2, -0.15) is 0 Å². The number of rotatable bonds is 12. The molecule has 0 spiro atoms. The first-order chi connectivity index (χ1) is 14.0. The smallest absolute Gasteiger partial charge is 0.305 e. The summed E-state index contributed by atoms with van der Waals surface area (Å²) in [6.07, 6.45) is 8.65. The largest absolute Gasteiger partial charge is 0.469 e. The molecule has 1 aromatic rings. The SMILES string of the molecule is COC(=O)CCC/C=C\CC1C(O)CC(O)C1CCC(O)CCc1ccccc1. The van der Waals surface area contributed by atoms with Gasteiger partial charge in [-0.3, -0.25) is 4.79 Å². The number of aryl methyl sites for hydroxylation is 1. The molecule has 0 aromatic heterocycles. The predicted molar refractivity (Wildman–Crippen MR) is 113 cm³/mol. The first-order valence-electron chi connectivity index (χ1n) is 10.8. The topological polar surface area (TPSA) is 87.0 Å². The van der Waals surface area contributed by atoms with Crippen molar-refractivity contribution < 1.29 is 24.9 Å². The standard InChI is InChI=1S/C24H36O5/c1-29-24(28)12-8-3-2-7-11-20-21(23(27)17-22(20)26)16-15-19(25)14-13-18-9-5-4-6-10-18/h2,4-7,9-10,19-23,25-27H,3,8,11-17H2,1H3/b7-2-. The monoisotopic (exact) mass is 404 g/mol. The number of hydrogen-bond acceptors (Lipinski definition) is 5. The second kappa shape index (κ2) is 12.8. The number of allylic oxidation sites excluding steroid dienone is 2. The molecule has 1 fully saturated rings. The predicted octanol–water partition coefficient (Wildman–Crippen LogP) is 3.41. The summed E-state index contributed by atoms with van der Waals surface area (Å²) in [6, 6.07) is 10.1. The molecule has 1 aromatic carbocycles. The Morgan fingerprint density at radius 2 is 1.86 bits per heavy atom. The summed E-state index contributed by atoms with van der Waals surface area (Å²) in [4.78, 5) is 11.1. The molecule has 5 atom stereocenters. The number of aliphatic hydroxyl groups is 3. The third-order valence-electron chi connectivity index (χ3n) is 6.02. The van der Waals surface area contributed by atoms with Crippen LogP contribution in [0, 0.1) is 11.8 Å². The van der Waals surface area contributed by atoms with E-state index in [9.17, 15) is 20.1 Å². The Morgan fingerprint density at radius 3 is 2.59 bits per heavy atom. The van der Waals surface area contributed by atoms with Crippen LogP contribution in [-0.4, -0.2) is 46.7 Å². The molecule has 5 heteroatoms. The summed E-state index contributed by atoms with van der Waals surface area (Å²) in [5.41, 5.74) is 1.22. The lowest BCUT2D eigenvalue weighted by atomic mass is 9.85. The summed E-state index contributed by atoms with van der Waals surface area (Å²) in [5, 5.41) is 31.1. The summed E-state index contributed by atoms with van der Waals surface area (Å²) in [7, 11) is 1.39. The van der Waals surface area contributed by atoms with Gasteiger partial charge in [-0.05, 0) is 68.8 Å². The van der Waals surface area contributed by atoms with Crippen LogP contribution >= 0.6 is 0 Å². The van der Waals surface area contributed by atoms with Crippen LogP contribution in [0.2, 0.25) is 0 Å². The van der Waals surface area contributed by atoms with Crippen molar-refractivity contribution in [2.45, 2.75) is 76.1 Å². The van der Waals surface area contributed by atoms with Crippen LogP contribution < -0.4 is 0 Å². The maximum atomic E-state index is 11.1. The highest BCUT2D eigenvalue weighted by Crippen LogP contribution is 2.38. The van der Waals surface area contributed by atoms with Gasteiger partial charge >= 0.3 is 5.97 Å². The van der Waals surface area contributed by atoms with Crippen molar-refractivity contribution >= 4 is 5.97 Å². The van der Waals surface area contributed by atoms with Crippen LogP contribution in [0.4, 0.5) is 0 Å². The van der Waals surface area contributed by atoms with Crippen LogP contribution in [0.3, 0.4) is 0 Å². The second-order valence-electron chi connectivity index (χ2n) is 8.13. The van der Waals surface area contributed by atoms with Crippen molar-refractivity contribution in [2.75, 3.05) is 7.11 Å². The Balaban J connectivity index is 1.73. The second-order valence-corrected chi connectivity index (χ2v) is 8.13. The lowest BCUT2D eigenvalue weighted by molar-refractivity contribution is -0.140. The van der Waals surface area contributed by atoms with Crippen molar-refractivity contribution in [3.8, 4) is 0 Å². The van der Waals surface area contributed by atoms with Crippen LogP contribution in [0.5, 0.6) is 0 Å². The van der Waals surface area contributed by atoms with Gasteiger partial charge in [0.05, 0.1) is 25.4 Å². The maximum absolute atomic E-state index is 11.1. The third kappa shape index (κ3) is 8.29. The van der Waals surface area contributed by atoms with Gasteiger partial charge in [-0.15, -0.1) is 0 Å². The first-order valence-corrected chi connectivity index (χ1v) is 10.8. The number of unbranched alkanes of at least 4 members (excludes halogenated alkanes) is 1. The van der Waals surface area contributed by atoms with Gasteiger partial charge in [0.25, 0.3) is 0 Å². The number of benzene rings is 1. The minimum atomic E-state index is -0.510. The summed E-state index contributed by atoms with van der Waals surface area (Å²) in [5.74, 6) is -0.169. The normalized spacial score (nSPS) is 25.4. The van der Waals surface area contributed by atoms with E-state index >= 15 is 0 Å². The van der Waals surface area contributed by atoms with Gasteiger partial charge in [0.2, 0.25) is 0 Å². The molecule has 0 radical (unpaired) electrons. The van der Waals surface area contributed by atoms with Crippen LogP contribution in [0.25, 0.3) is 0 Å². The van der Waals surface area contributed by atoms with E-state index in [1.807, 2.05) is 30.4 Å². The molecule has 162 valence electrons. The molecule has 5 nitrogen and oxygen atoms in total. The lowest BCUT2D eigenvalue weighted by Crippen LogP contribution is -2.23. The molecule has 0 saturated heterocycles. The summed E-state index contributed by atoms with van der Waals surface area (Å²) in [6.45, 7) is 0. The fourth-order valence-electron chi connectivity index (χ4n) is 4.25. The van der Waals surface area contributed by atoms with E-state index in [1.165, 1.54) is 12.7 Å². The van der Waals surface area contributed by atoms with E-state index < -0.39 is 18.3 Å². The Hall–Kier alpha value is -1.69. The zero-order chi connectivity index (χ0) is 21.1. The van der Waals surface area contributed by atoms with E-state index in [4.69, 9.17) is 0 Å². The summed E-state index contributed by atoms with van der Waals surface area (Å²) < 4.78 is 4.62. The molecule has 29 heavy (non-hydrogen) atoms. The highest BCUT2D eigenvalue weighted by Gasteiger charge is 2.40. The molecule has 0 aliphatic heterocycles. The van der Waals surface area contributed by atoms with E-state index in [0.717, 1.165) is 25.7 Å². The summed E-state index contributed by atoms with van der Waals surface area (Å²) >= 11 is 0. The van der Waals surface area contributed by atoms with E-state index in [2.05, 4.69) is 16.9 Å². The van der Waals surface area contributed by atoms with Crippen molar-refractivity contribution in [2.24, 2.45) is 11.8 Å². The van der Waals surface area contributed by atoms with Gasteiger partial charge in [-0.25, -0.2) is 0 Å². The first kappa shape index (κ1) is 23.6. The van der Waals surface area contributed by atoms with Gasteiger partial charge < -0.3 is 20.1 Å². The highest BCUT2D eigenvalue weighted by molar-refractivity contribution is 5.69. The van der Waals surface area contributed by atoms with Crippen molar-refractivity contribution in [1.29, 1.82) is 0 Å². The highest BCUT2D eigenvalue weighted by atomic mass is 16.5. The van der Waals surface area contributed by atoms with E-state index in [-0.39, 0.29) is 17.8 Å². The zero-order valence-corrected chi connectivity index (χ0v) is 17.5. The van der Waals surface area contributed by atoms with Crippen LogP contribution in [0.15, 0.2) is 42.5 Å². The average Bonchev–Trinajstić information content (AvgIpc) is 3.00. The van der Waals surface area contributed by atoms with Gasteiger partial charge in [0.1, 0.15) is 0 Å². The number of esters is 1. The number of methoxy groups -OCH3 is 1. The molecule has 5 unspecified atom stereocenters. The number of carbonyl (C=O) groups is 1. The number of ether oxygens (including phenoxy) is 1. The Labute approximate surface area is 174 Å². The lowest BCUT2D eigenvalue weighted by Gasteiger charge is -2.23. The molecule has 0 amide bonds. The molecule has 1 saturated carbocycles.